The van der Waals surface area contributed by atoms with Crippen LogP contribution in [0.25, 0.3) is 0 Å². The monoisotopic (exact) mass is 457 g/mol. The molecule has 0 rings (SSSR count). The molecule has 0 aliphatic rings. The van der Waals surface area contributed by atoms with Crippen LogP contribution in [0.15, 0.2) is 0 Å². The molecule has 0 spiro atoms. The Hall–Kier alpha value is 0.0569. The summed E-state index contributed by atoms with van der Waals surface area (Å²) in [4.78, 5) is 7.79. The van der Waals surface area contributed by atoms with E-state index in [-0.39, 0.29) is 0 Å². The van der Waals surface area contributed by atoms with Gasteiger partial charge in [0.05, 0.1) is 0 Å². The molecule has 0 aromatic carbocycles. The second kappa shape index (κ2) is 19.5. The maximum Gasteiger partial charge on any atom is 0.162 e. The van der Waals surface area contributed by atoms with Crippen LogP contribution >= 0.6 is 0 Å². The van der Waals surface area contributed by atoms with Crippen LogP contribution in [0.5, 0.6) is 0 Å². The first-order valence-electron chi connectivity index (χ1n) is 13.7. The Morgan fingerprint density at radius 2 is 0.935 bits per heavy atom. The van der Waals surface area contributed by atoms with Gasteiger partial charge in [-0.2, -0.15) is 0 Å². The van der Waals surface area contributed by atoms with Crippen LogP contribution in [-0.4, -0.2) is 89.5 Å². The van der Waals surface area contributed by atoms with Gasteiger partial charge in [-0.15, -0.1) is 0 Å². The molecule has 0 heterocycles. The van der Waals surface area contributed by atoms with Gasteiger partial charge in [0, 0.05) is 6.10 Å². The average Bonchev–Trinajstić information content (AvgIpc) is 2.77. The van der Waals surface area contributed by atoms with Gasteiger partial charge in [0.25, 0.3) is 0 Å². The van der Waals surface area contributed by atoms with Crippen LogP contribution in [-0.2, 0) is 4.43 Å². The fourth-order valence-corrected chi connectivity index (χ4v) is 6.69. The predicted molar refractivity (Wildman–Crippen MR) is 143 cm³/mol. The van der Waals surface area contributed by atoms with Crippen molar-refractivity contribution in [2.45, 2.75) is 106 Å². The van der Waals surface area contributed by atoms with Crippen molar-refractivity contribution in [3.05, 3.63) is 0 Å². The smallest absolute Gasteiger partial charge is 0.162 e. The Labute approximate surface area is 199 Å². The van der Waals surface area contributed by atoms with E-state index in [0.717, 1.165) is 0 Å². The van der Waals surface area contributed by atoms with Gasteiger partial charge in [0.2, 0.25) is 0 Å². The summed E-state index contributed by atoms with van der Waals surface area (Å²) in [6.45, 7) is 29.1. The van der Waals surface area contributed by atoms with E-state index in [0.29, 0.717) is 11.5 Å². The third-order valence-electron chi connectivity index (χ3n) is 7.31. The second-order valence-electron chi connectivity index (χ2n) is 9.56. The topological polar surface area (TPSA) is 19.0 Å². The maximum absolute atomic E-state index is 6.21. The highest BCUT2D eigenvalue weighted by Gasteiger charge is 2.29. The van der Waals surface area contributed by atoms with E-state index in [2.05, 4.69) is 70.1 Å². The maximum atomic E-state index is 6.21. The first kappa shape index (κ1) is 31.1. The quantitative estimate of drug-likeness (QED) is 0.206. The summed E-state index contributed by atoms with van der Waals surface area (Å²) in [6.07, 6.45) is 8.57. The van der Waals surface area contributed by atoms with E-state index in [1.54, 1.807) is 0 Å². The lowest BCUT2D eigenvalue weighted by molar-refractivity contribution is 0.172. The summed E-state index contributed by atoms with van der Waals surface area (Å²) in [5, 5.41) is 0. The molecule has 0 N–H and O–H groups in total. The van der Waals surface area contributed by atoms with E-state index in [4.69, 9.17) is 4.43 Å². The highest BCUT2D eigenvalue weighted by Crippen LogP contribution is 2.39. The van der Waals surface area contributed by atoms with Crippen LogP contribution in [0.4, 0.5) is 0 Å². The largest absolute Gasteiger partial charge is 0.422 e. The average molecular weight is 458 g/mol. The van der Waals surface area contributed by atoms with Gasteiger partial charge in [0.1, 0.15) is 0 Å². The third-order valence-corrected chi connectivity index (χ3v) is 9.48. The predicted octanol–water partition coefficient (Wildman–Crippen LogP) is 5.27. The molecule has 0 atom stereocenters. The molecule has 0 bridgehead atoms. The van der Waals surface area contributed by atoms with Crippen molar-refractivity contribution in [3.63, 3.8) is 0 Å². The number of nitrogens with zero attached hydrogens (tertiary/aromatic N) is 3. The van der Waals surface area contributed by atoms with Crippen molar-refractivity contribution in [1.29, 1.82) is 0 Å². The molecular formula is C26H59N3OSi. The van der Waals surface area contributed by atoms with Gasteiger partial charge in [-0.05, 0) is 123 Å². The molecule has 0 amide bonds. The zero-order valence-electron chi connectivity index (χ0n) is 22.8. The van der Waals surface area contributed by atoms with Crippen LogP contribution in [0.1, 0.15) is 93.9 Å². The summed E-state index contributed by atoms with van der Waals surface area (Å²) >= 11 is 0. The van der Waals surface area contributed by atoms with E-state index in [1.165, 1.54) is 103 Å². The normalized spacial score (nSPS) is 13.2. The molecule has 5 heteroatoms. The minimum absolute atomic E-state index is 0.395. The fourth-order valence-electron chi connectivity index (χ4n) is 4.91. The van der Waals surface area contributed by atoms with Crippen molar-refractivity contribution in [2.24, 2.45) is 5.41 Å². The Kier molecular flexibility index (Phi) is 19.6. The molecule has 0 unspecified atom stereocenters. The van der Waals surface area contributed by atoms with Crippen molar-refractivity contribution < 1.29 is 4.43 Å². The van der Waals surface area contributed by atoms with E-state index < -0.39 is 9.76 Å². The second-order valence-corrected chi connectivity index (χ2v) is 10.8. The minimum atomic E-state index is -0.454. The highest BCUT2D eigenvalue weighted by atomic mass is 28.2. The van der Waals surface area contributed by atoms with Crippen molar-refractivity contribution in [3.8, 4) is 0 Å². The van der Waals surface area contributed by atoms with Gasteiger partial charge in [-0.3, -0.25) is 0 Å². The molecule has 31 heavy (non-hydrogen) atoms. The number of rotatable bonds is 22. The lowest BCUT2D eigenvalue weighted by Gasteiger charge is -2.36. The van der Waals surface area contributed by atoms with Crippen LogP contribution < -0.4 is 0 Å². The van der Waals surface area contributed by atoms with Gasteiger partial charge in [0.15, 0.2) is 9.76 Å². The molecule has 0 radical (unpaired) electrons. The van der Waals surface area contributed by atoms with Crippen LogP contribution in [0, 0.1) is 5.41 Å². The molecule has 4 nitrogen and oxygen atoms in total. The Morgan fingerprint density at radius 3 is 1.19 bits per heavy atom. The highest BCUT2D eigenvalue weighted by molar-refractivity contribution is 6.27. The lowest BCUT2D eigenvalue weighted by atomic mass is 9.76. The van der Waals surface area contributed by atoms with Crippen LogP contribution in [0.3, 0.4) is 0 Å². The zero-order valence-corrected chi connectivity index (χ0v) is 24.3. The SMILES string of the molecule is CCN(CC)CCCC(CCCN(CC)CC)(CCCN(CC)CC)C[SiH2]OC(C)C. The molecule has 0 aliphatic carbocycles. The van der Waals surface area contributed by atoms with Gasteiger partial charge < -0.3 is 19.1 Å². The molecule has 0 aliphatic heterocycles. The summed E-state index contributed by atoms with van der Waals surface area (Å²) in [6, 6.07) is 1.36. The van der Waals surface area contributed by atoms with Crippen molar-refractivity contribution in [2.75, 3.05) is 58.9 Å². The molecule has 188 valence electrons. The summed E-state index contributed by atoms with van der Waals surface area (Å²) in [5.41, 5.74) is 0.495. The molecule has 0 saturated carbocycles. The summed E-state index contributed by atoms with van der Waals surface area (Å²) in [7, 11) is -0.454. The van der Waals surface area contributed by atoms with Gasteiger partial charge in [-0.1, -0.05) is 41.5 Å². The first-order valence-corrected chi connectivity index (χ1v) is 15.3. The van der Waals surface area contributed by atoms with Crippen molar-refractivity contribution >= 4 is 9.76 Å². The minimum Gasteiger partial charge on any atom is -0.422 e. The third kappa shape index (κ3) is 14.7. The molecule has 0 saturated heterocycles. The Balaban J connectivity index is 5.20. The fraction of sp³-hybridized carbons (Fsp3) is 1.00. The Bertz CT molecular complexity index is 337. The molecule has 0 aromatic rings. The van der Waals surface area contributed by atoms with Crippen LogP contribution in [0.2, 0.25) is 6.04 Å². The van der Waals surface area contributed by atoms with Gasteiger partial charge in [-0.25, -0.2) is 0 Å². The first-order chi connectivity index (χ1) is 14.9. The molecule has 0 fully saturated rings. The number of hydrogen-bond donors (Lipinski definition) is 0. The lowest BCUT2D eigenvalue weighted by Crippen LogP contribution is -2.32. The van der Waals surface area contributed by atoms with E-state index >= 15 is 0 Å². The molecular weight excluding hydrogens is 398 g/mol. The molecule has 0 aromatic heterocycles. The van der Waals surface area contributed by atoms with E-state index in [1.807, 2.05) is 0 Å². The van der Waals surface area contributed by atoms with E-state index in [9.17, 15) is 0 Å². The van der Waals surface area contributed by atoms with Crippen molar-refractivity contribution in [1.82, 2.24) is 14.7 Å². The summed E-state index contributed by atoms with van der Waals surface area (Å²) < 4.78 is 6.21. The number of hydrogen-bond acceptors (Lipinski definition) is 4. The summed E-state index contributed by atoms with van der Waals surface area (Å²) in [5.74, 6) is 0. The Morgan fingerprint density at radius 1 is 0.613 bits per heavy atom. The van der Waals surface area contributed by atoms with Gasteiger partial charge >= 0.3 is 0 Å². The zero-order chi connectivity index (χ0) is 23.5. The standard InChI is InChI=1S/C26H59N3OSi/c1-9-27(10-2)21-15-18-26(24-31-30-25(7)8,19-16-22-28(11-3)12-4)20-17-23-29(13-5)14-6/h25H,9-24,31H2,1-8H3.